The molecule has 0 spiro atoms. The molecular weight excluding hydrogens is 358 g/mol. The Morgan fingerprint density at radius 3 is 2.44 bits per heavy atom. The highest BCUT2D eigenvalue weighted by Gasteiger charge is 2.14. The smallest absolute Gasteiger partial charge is 0.257 e. The number of rotatable bonds is 4. The molecule has 0 saturated heterocycles. The van der Waals surface area contributed by atoms with E-state index in [9.17, 15) is 9.59 Å². The van der Waals surface area contributed by atoms with Crippen molar-refractivity contribution in [2.45, 2.75) is 27.7 Å². The first-order chi connectivity index (χ1) is 12.8. The summed E-state index contributed by atoms with van der Waals surface area (Å²) in [5, 5.41) is 6.08. The van der Waals surface area contributed by atoms with Crippen LogP contribution in [0.15, 0.2) is 42.5 Å². The highest BCUT2D eigenvalue weighted by Crippen LogP contribution is 2.31. The molecule has 0 atom stereocenters. The van der Waals surface area contributed by atoms with Gasteiger partial charge in [-0.15, -0.1) is 11.3 Å². The molecule has 0 aliphatic heterocycles. The van der Waals surface area contributed by atoms with Crippen molar-refractivity contribution in [3.63, 3.8) is 0 Å². The minimum atomic E-state index is -0.261. The van der Waals surface area contributed by atoms with Crippen molar-refractivity contribution < 1.29 is 9.59 Å². The summed E-state index contributed by atoms with van der Waals surface area (Å²) in [6.45, 7) is 7.58. The number of aryl methyl sites for hydroxylation is 3. The fourth-order valence-corrected chi connectivity index (χ4v) is 3.55. The lowest BCUT2D eigenvalue weighted by Crippen LogP contribution is -2.13. The Kier molecular flexibility index (Phi) is 5.37. The second-order valence-electron chi connectivity index (χ2n) is 6.44. The van der Waals surface area contributed by atoms with E-state index in [1.807, 2.05) is 13.0 Å². The minimum absolute atomic E-state index is 0.180. The van der Waals surface area contributed by atoms with E-state index in [0.717, 1.165) is 16.1 Å². The number of hydrogen-bond donors (Lipinski definition) is 2. The molecule has 2 N–H and O–H groups in total. The summed E-state index contributed by atoms with van der Waals surface area (Å²) in [6, 6.07) is 13.0. The fraction of sp³-hybridized carbons (Fsp3) is 0.190. The molecule has 5 nitrogen and oxygen atoms in total. The highest BCUT2D eigenvalue weighted by atomic mass is 32.1. The Labute approximate surface area is 162 Å². The van der Waals surface area contributed by atoms with Gasteiger partial charge in [-0.3, -0.25) is 14.9 Å². The molecule has 0 aliphatic rings. The maximum absolute atomic E-state index is 12.6. The van der Waals surface area contributed by atoms with Crippen molar-refractivity contribution in [3.05, 3.63) is 64.0 Å². The van der Waals surface area contributed by atoms with Crippen LogP contribution < -0.4 is 10.6 Å². The van der Waals surface area contributed by atoms with E-state index in [1.54, 1.807) is 24.3 Å². The molecule has 138 valence electrons. The number of aromatic nitrogens is 1. The zero-order chi connectivity index (χ0) is 19.6. The predicted molar refractivity (Wildman–Crippen MR) is 110 cm³/mol. The number of amides is 2. The van der Waals surface area contributed by atoms with E-state index >= 15 is 0 Å². The lowest BCUT2D eigenvalue weighted by Gasteiger charge is -2.05. The lowest BCUT2D eigenvalue weighted by atomic mass is 10.0. The molecule has 0 aliphatic carbocycles. The van der Waals surface area contributed by atoms with Gasteiger partial charge in [0.1, 0.15) is 0 Å². The van der Waals surface area contributed by atoms with E-state index in [2.05, 4.69) is 41.6 Å². The largest absolute Gasteiger partial charge is 0.326 e. The van der Waals surface area contributed by atoms with E-state index in [0.29, 0.717) is 16.4 Å². The van der Waals surface area contributed by atoms with Crippen molar-refractivity contribution in [1.82, 2.24) is 4.98 Å². The first kappa shape index (κ1) is 18.8. The van der Waals surface area contributed by atoms with Gasteiger partial charge >= 0.3 is 0 Å². The molecule has 1 aromatic heterocycles. The molecule has 0 bridgehead atoms. The van der Waals surface area contributed by atoms with Crippen LogP contribution in [0.3, 0.4) is 0 Å². The average Bonchev–Trinajstić information content (AvgIpc) is 2.97. The van der Waals surface area contributed by atoms with Gasteiger partial charge in [0.2, 0.25) is 5.91 Å². The van der Waals surface area contributed by atoms with Gasteiger partial charge in [0.05, 0.1) is 5.69 Å². The molecule has 27 heavy (non-hydrogen) atoms. The van der Waals surface area contributed by atoms with Gasteiger partial charge in [0.25, 0.3) is 5.91 Å². The third-order valence-corrected chi connectivity index (χ3v) is 5.13. The summed E-state index contributed by atoms with van der Waals surface area (Å²) >= 11 is 1.44. The summed E-state index contributed by atoms with van der Waals surface area (Å²) in [5.74, 6) is -0.441. The predicted octanol–water partition coefficient (Wildman–Crippen LogP) is 4.95. The summed E-state index contributed by atoms with van der Waals surface area (Å²) in [4.78, 5) is 29.4. The normalized spacial score (nSPS) is 10.5. The van der Waals surface area contributed by atoms with Gasteiger partial charge in [-0.2, -0.15) is 0 Å². The van der Waals surface area contributed by atoms with Crippen molar-refractivity contribution in [1.29, 1.82) is 0 Å². The number of hydrogen-bond acceptors (Lipinski definition) is 4. The molecule has 0 unspecified atom stereocenters. The summed E-state index contributed by atoms with van der Waals surface area (Å²) in [7, 11) is 0. The van der Waals surface area contributed by atoms with Crippen molar-refractivity contribution in [2.24, 2.45) is 0 Å². The Bertz CT molecular complexity index is 1020. The Balaban J connectivity index is 1.81. The molecule has 0 radical (unpaired) electrons. The van der Waals surface area contributed by atoms with Crippen LogP contribution in [0, 0.1) is 20.8 Å². The van der Waals surface area contributed by atoms with E-state index in [1.165, 1.54) is 29.4 Å². The van der Waals surface area contributed by atoms with Gasteiger partial charge in [-0.25, -0.2) is 4.98 Å². The summed E-state index contributed by atoms with van der Waals surface area (Å²) < 4.78 is 0. The third-order valence-electron chi connectivity index (χ3n) is 4.24. The quantitative estimate of drug-likeness (QED) is 0.674. The molecule has 2 amide bonds. The number of nitrogens with one attached hydrogen (secondary N) is 2. The van der Waals surface area contributed by atoms with Crippen LogP contribution in [0.4, 0.5) is 10.8 Å². The maximum atomic E-state index is 12.6. The molecule has 6 heteroatoms. The second-order valence-corrected chi connectivity index (χ2v) is 7.64. The summed E-state index contributed by atoms with van der Waals surface area (Å²) in [5.41, 5.74) is 5.41. The van der Waals surface area contributed by atoms with Crippen LogP contribution in [0.5, 0.6) is 0 Å². The van der Waals surface area contributed by atoms with Gasteiger partial charge in [0, 0.05) is 28.6 Å². The van der Waals surface area contributed by atoms with E-state index in [-0.39, 0.29) is 11.8 Å². The Hall–Kier alpha value is -2.99. The monoisotopic (exact) mass is 379 g/mol. The number of nitrogens with zero attached hydrogens (tertiary/aromatic N) is 1. The second kappa shape index (κ2) is 7.72. The lowest BCUT2D eigenvalue weighted by molar-refractivity contribution is -0.114. The topological polar surface area (TPSA) is 71.1 Å². The average molecular weight is 379 g/mol. The number of thiazole rings is 1. The molecule has 1 heterocycles. The standard InChI is InChI=1S/C21H21N3O2S/c1-12-8-9-16(10-13(12)2)19-14(3)27-21(23-19)24-20(26)17-6-5-7-18(11-17)22-15(4)25/h5-11H,1-4H3,(H,22,25)(H,23,24,26). The minimum Gasteiger partial charge on any atom is -0.326 e. The number of anilines is 2. The van der Waals surface area contributed by atoms with E-state index < -0.39 is 0 Å². The van der Waals surface area contributed by atoms with E-state index in [4.69, 9.17) is 0 Å². The third kappa shape index (κ3) is 4.41. The van der Waals surface area contributed by atoms with Crippen molar-refractivity contribution in [2.75, 3.05) is 10.6 Å². The fourth-order valence-electron chi connectivity index (χ4n) is 2.72. The van der Waals surface area contributed by atoms with Gasteiger partial charge in [-0.1, -0.05) is 18.2 Å². The van der Waals surface area contributed by atoms with Crippen LogP contribution in [-0.4, -0.2) is 16.8 Å². The summed E-state index contributed by atoms with van der Waals surface area (Å²) in [6.07, 6.45) is 0. The number of benzene rings is 2. The zero-order valence-electron chi connectivity index (χ0n) is 15.7. The molecule has 0 saturated carbocycles. The van der Waals surface area contributed by atoms with Gasteiger partial charge < -0.3 is 5.32 Å². The van der Waals surface area contributed by atoms with Crippen molar-refractivity contribution >= 4 is 34.0 Å². The van der Waals surface area contributed by atoms with Crippen LogP contribution in [0.1, 0.15) is 33.3 Å². The van der Waals surface area contributed by atoms with Gasteiger partial charge in [0.15, 0.2) is 5.13 Å². The Morgan fingerprint density at radius 1 is 0.963 bits per heavy atom. The molecule has 3 aromatic rings. The Morgan fingerprint density at radius 2 is 1.74 bits per heavy atom. The van der Waals surface area contributed by atoms with Crippen LogP contribution in [0.2, 0.25) is 0 Å². The first-order valence-corrected chi connectivity index (χ1v) is 9.39. The molecule has 0 fully saturated rings. The number of carbonyl (C=O) groups excluding carboxylic acids is 2. The molecular formula is C21H21N3O2S. The van der Waals surface area contributed by atoms with Crippen molar-refractivity contribution in [3.8, 4) is 11.3 Å². The molecule has 2 aromatic carbocycles. The van der Waals surface area contributed by atoms with Gasteiger partial charge in [-0.05, 0) is 56.2 Å². The van der Waals surface area contributed by atoms with Crippen LogP contribution >= 0.6 is 11.3 Å². The van der Waals surface area contributed by atoms with Crippen LogP contribution in [0.25, 0.3) is 11.3 Å². The zero-order valence-corrected chi connectivity index (χ0v) is 16.5. The molecule has 3 rings (SSSR count). The first-order valence-electron chi connectivity index (χ1n) is 8.57. The maximum Gasteiger partial charge on any atom is 0.257 e. The number of carbonyl (C=O) groups is 2. The highest BCUT2D eigenvalue weighted by molar-refractivity contribution is 7.16. The SMILES string of the molecule is CC(=O)Nc1cccc(C(=O)Nc2nc(-c3ccc(C)c(C)c3)c(C)s2)c1. The van der Waals surface area contributed by atoms with Crippen LogP contribution in [-0.2, 0) is 4.79 Å².